The lowest BCUT2D eigenvalue weighted by atomic mass is 9.95. The second kappa shape index (κ2) is 4.31. The van der Waals surface area contributed by atoms with Crippen LogP contribution in [0.2, 0.25) is 0 Å². The highest BCUT2D eigenvalue weighted by molar-refractivity contribution is 5.83. The second-order valence-electron chi connectivity index (χ2n) is 4.49. The van der Waals surface area contributed by atoms with Crippen molar-refractivity contribution in [1.82, 2.24) is 5.32 Å². The van der Waals surface area contributed by atoms with Gasteiger partial charge in [0.15, 0.2) is 0 Å². The van der Waals surface area contributed by atoms with Gasteiger partial charge in [-0.05, 0) is 26.2 Å². The first-order chi connectivity index (χ1) is 7.15. The molecule has 0 aliphatic carbocycles. The Labute approximate surface area is 89.4 Å². The van der Waals surface area contributed by atoms with Gasteiger partial charge in [0.1, 0.15) is 5.78 Å². The summed E-state index contributed by atoms with van der Waals surface area (Å²) in [4.78, 5) is 22.2. The predicted molar refractivity (Wildman–Crippen MR) is 54.4 cm³/mol. The molecule has 4 heteroatoms. The Morgan fingerprint density at radius 1 is 1.33 bits per heavy atom. The molecule has 84 valence electrons. The minimum absolute atomic E-state index is 0.0219. The van der Waals surface area contributed by atoms with E-state index in [1.165, 1.54) is 6.92 Å². The first-order valence-electron chi connectivity index (χ1n) is 5.59. The molecular formula is C11H17NO3. The normalized spacial score (nSPS) is 33.0. The number of hydrogen-bond donors (Lipinski definition) is 1. The van der Waals surface area contributed by atoms with E-state index in [0.29, 0.717) is 18.9 Å². The molecule has 1 N–H and O–H groups in total. The smallest absolute Gasteiger partial charge is 0.220 e. The van der Waals surface area contributed by atoms with Gasteiger partial charge in [-0.3, -0.25) is 4.79 Å². The standard InChI is InChI=1S/C11H17NO3/c1-7(13)2-5-11(14)12-9-6-8-3-4-10(9)15-8/h8-10H,2-6H2,1H3,(H,12,14). The SMILES string of the molecule is CC(=O)CCC(=O)NC1CC2CCC1O2. The average Bonchev–Trinajstić information content (AvgIpc) is 2.76. The summed E-state index contributed by atoms with van der Waals surface area (Å²) in [7, 11) is 0. The molecule has 2 bridgehead atoms. The Kier molecular flexibility index (Phi) is 3.05. The summed E-state index contributed by atoms with van der Waals surface area (Å²) in [5.74, 6) is 0.0423. The van der Waals surface area contributed by atoms with Gasteiger partial charge in [-0.2, -0.15) is 0 Å². The van der Waals surface area contributed by atoms with Gasteiger partial charge in [-0.1, -0.05) is 0 Å². The fourth-order valence-electron chi connectivity index (χ4n) is 2.36. The number of Topliss-reactive ketones (excluding diaryl/α,β-unsaturated/α-hetero) is 1. The molecule has 0 aromatic heterocycles. The molecule has 4 nitrogen and oxygen atoms in total. The molecule has 0 radical (unpaired) electrons. The molecule has 15 heavy (non-hydrogen) atoms. The number of rotatable bonds is 4. The fraction of sp³-hybridized carbons (Fsp3) is 0.818. The maximum Gasteiger partial charge on any atom is 0.220 e. The van der Waals surface area contributed by atoms with E-state index >= 15 is 0 Å². The summed E-state index contributed by atoms with van der Waals surface area (Å²) in [6.07, 6.45) is 4.35. The van der Waals surface area contributed by atoms with Crippen LogP contribution in [-0.4, -0.2) is 29.9 Å². The van der Waals surface area contributed by atoms with E-state index < -0.39 is 0 Å². The molecule has 2 saturated heterocycles. The molecule has 2 fully saturated rings. The summed E-state index contributed by atoms with van der Waals surface area (Å²) in [6.45, 7) is 1.51. The zero-order chi connectivity index (χ0) is 10.8. The molecule has 1 amide bonds. The maximum absolute atomic E-state index is 11.5. The van der Waals surface area contributed by atoms with E-state index in [-0.39, 0.29) is 23.8 Å². The van der Waals surface area contributed by atoms with Crippen LogP contribution >= 0.6 is 0 Å². The van der Waals surface area contributed by atoms with Crippen LogP contribution in [0.4, 0.5) is 0 Å². The number of hydrogen-bond acceptors (Lipinski definition) is 3. The van der Waals surface area contributed by atoms with E-state index in [2.05, 4.69) is 5.32 Å². The minimum atomic E-state index is -0.0219. The van der Waals surface area contributed by atoms with Crippen LogP contribution in [-0.2, 0) is 14.3 Å². The van der Waals surface area contributed by atoms with Crippen LogP contribution in [0.5, 0.6) is 0 Å². The molecule has 0 saturated carbocycles. The van der Waals surface area contributed by atoms with Gasteiger partial charge in [-0.15, -0.1) is 0 Å². The third kappa shape index (κ3) is 2.56. The minimum Gasteiger partial charge on any atom is -0.373 e. The third-order valence-corrected chi connectivity index (χ3v) is 3.16. The molecule has 3 atom stereocenters. The van der Waals surface area contributed by atoms with Crippen LogP contribution in [0.15, 0.2) is 0 Å². The molecule has 2 heterocycles. The van der Waals surface area contributed by atoms with Crippen molar-refractivity contribution in [2.75, 3.05) is 0 Å². The molecule has 2 rings (SSSR count). The van der Waals surface area contributed by atoms with Gasteiger partial charge in [0.25, 0.3) is 0 Å². The van der Waals surface area contributed by atoms with Crippen LogP contribution in [0.25, 0.3) is 0 Å². The van der Waals surface area contributed by atoms with Crippen molar-refractivity contribution in [2.24, 2.45) is 0 Å². The number of nitrogens with one attached hydrogen (secondary N) is 1. The lowest BCUT2D eigenvalue weighted by Gasteiger charge is -2.19. The number of fused-ring (bicyclic) bond motifs is 2. The van der Waals surface area contributed by atoms with Gasteiger partial charge < -0.3 is 14.8 Å². The van der Waals surface area contributed by atoms with Crippen molar-refractivity contribution in [3.8, 4) is 0 Å². The summed E-state index contributed by atoms with van der Waals surface area (Å²) in [6, 6.07) is 0.184. The van der Waals surface area contributed by atoms with E-state index in [4.69, 9.17) is 4.74 Å². The van der Waals surface area contributed by atoms with Crippen LogP contribution in [0.1, 0.15) is 39.0 Å². The maximum atomic E-state index is 11.5. The van der Waals surface area contributed by atoms with Crippen molar-refractivity contribution < 1.29 is 14.3 Å². The number of carbonyl (C=O) groups excluding carboxylic acids is 2. The van der Waals surface area contributed by atoms with Gasteiger partial charge in [0, 0.05) is 12.8 Å². The fourth-order valence-corrected chi connectivity index (χ4v) is 2.36. The number of amides is 1. The summed E-state index contributed by atoms with van der Waals surface area (Å²) in [5.41, 5.74) is 0. The molecular weight excluding hydrogens is 194 g/mol. The first kappa shape index (κ1) is 10.6. The van der Waals surface area contributed by atoms with E-state index in [1.54, 1.807) is 0 Å². The van der Waals surface area contributed by atoms with Gasteiger partial charge in [0.05, 0.1) is 18.2 Å². The highest BCUT2D eigenvalue weighted by Crippen LogP contribution is 2.34. The van der Waals surface area contributed by atoms with Gasteiger partial charge in [0.2, 0.25) is 5.91 Å². The second-order valence-corrected chi connectivity index (χ2v) is 4.49. The lowest BCUT2D eigenvalue weighted by Crippen LogP contribution is -2.41. The van der Waals surface area contributed by atoms with E-state index in [9.17, 15) is 9.59 Å². The molecule has 0 aromatic rings. The quantitative estimate of drug-likeness (QED) is 0.748. The highest BCUT2D eigenvalue weighted by Gasteiger charge is 2.41. The predicted octanol–water partition coefficient (Wildman–Crippen LogP) is 0.792. The van der Waals surface area contributed by atoms with E-state index in [1.807, 2.05) is 0 Å². The largest absolute Gasteiger partial charge is 0.373 e. The molecule has 2 aliphatic heterocycles. The van der Waals surface area contributed by atoms with Crippen molar-refractivity contribution in [3.63, 3.8) is 0 Å². The lowest BCUT2D eigenvalue weighted by molar-refractivity contribution is -0.125. The zero-order valence-electron chi connectivity index (χ0n) is 8.99. The Bertz CT molecular complexity index is 277. The van der Waals surface area contributed by atoms with Crippen molar-refractivity contribution in [1.29, 1.82) is 0 Å². The molecule has 0 aromatic carbocycles. The van der Waals surface area contributed by atoms with Crippen LogP contribution in [0.3, 0.4) is 0 Å². The van der Waals surface area contributed by atoms with Crippen LogP contribution < -0.4 is 5.32 Å². The number of ether oxygens (including phenoxy) is 1. The van der Waals surface area contributed by atoms with E-state index in [0.717, 1.165) is 19.3 Å². The van der Waals surface area contributed by atoms with Gasteiger partial charge in [-0.25, -0.2) is 0 Å². The number of ketones is 1. The highest BCUT2D eigenvalue weighted by atomic mass is 16.5. The van der Waals surface area contributed by atoms with Crippen molar-refractivity contribution in [3.05, 3.63) is 0 Å². The Hall–Kier alpha value is -0.900. The first-order valence-corrected chi connectivity index (χ1v) is 5.59. The Morgan fingerprint density at radius 2 is 2.13 bits per heavy atom. The summed E-state index contributed by atoms with van der Waals surface area (Å²) >= 11 is 0. The summed E-state index contributed by atoms with van der Waals surface area (Å²) in [5, 5.41) is 2.95. The Balaban J connectivity index is 1.73. The van der Waals surface area contributed by atoms with Crippen molar-refractivity contribution in [2.45, 2.75) is 57.3 Å². The molecule has 0 spiro atoms. The molecule has 2 aliphatic rings. The third-order valence-electron chi connectivity index (χ3n) is 3.16. The topological polar surface area (TPSA) is 55.4 Å². The van der Waals surface area contributed by atoms with Crippen LogP contribution in [0, 0.1) is 0 Å². The van der Waals surface area contributed by atoms with Gasteiger partial charge >= 0.3 is 0 Å². The monoisotopic (exact) mass is 211 g/mol. The zero-order valence-corrected chi connectivity index (χ0v) is 8.99. The Morgan fingerprint density at radius 3 is 2.67 bits per heavy atom. The average molecular weight is 211 g/mol. The summed E-state index contributed by atoms with van der Waals surface area (Å²) < 4.78 is 5.63. The van der Waals surface area contributed by atoms with Crippen molar-refractivity contribution >= 4 is 11.7 Å². The molecule has 3 unspecified atom stereocenters. The number of carbonyl (C=O) groups is 2.